The van der Waals surface area contributed by atoms with Crippen LogP contribution in [0.1, 0.15) is 33.6 Å². The van der Waals surface area contributed by atoms with Crippen LogP contribution >= 0.6 is 0 Å². The van der Waals surface area contributed by atoms with E-state index in [9.17, 15) is 9.59 Å². The Balaban J connectivity index is 2.89. The topological polar surface area (TPSA) is 84.7 Å². The zero-order valence-electron chi connectivity index (χ0n) is 11.5. The van der Waals surface area contributed by atoms with E-state index < -0.39 is 11.8 Å². The molecule has 0 radical (unpaired) electrons. The van der Waals surface area contributed by atoms with Crippen LogP contribution in [0.25, 0.3) is 0 Å². The predicted molar refractivity (Wildman–Crippen MR) is 67.7 cm³/mol. The Morgan fingerprint density at radius 3 is 2.50 bits per heavy atom. The van der Waals surface area contributed by atoms with Crippen LogP contribution in [-0.4, -0.2) is 42.3 Å². The molecule has 0 aromatic carbocycles. The first-order valence-corrected chi connectivity index (χ1v) is 6.29. The van der Waals surface area contributed by atoms with Gasteiger partial charge < -0.3 is 15.4 Å². The van der Waals surface area contributed by atoms with Gasteiger partial charge in [-0.3, -0.25) is 10.1 Å². The van der Waals surface area contributed by atoms with Gasteiger partial charge in [-0.2, -0.15) is 0 Å². The van der Waals surface area contributed by atoms with Crippen molar-refractivity contribution in [3.63, 3.8) is 0 Å². The monoisotopic (exact) mass is 257 g/mol. The number of hydrogen-bond acceptors (Lipinski definition) is 4. The molecule has 1 rings (SSSR count). The predicted octanol–water partition coefficient (Wildman–Crippen LogP) is 0.664. The van der Waals surface area contributed by atoms with Gasteiger partial charge in [-0.25, -0.2) is 4.79 Å². The summed E-state index contributed by atoms with van der Waals surface area (Å²) in [5.41, 5.74) is 4.69. The molecule has 1 aliphatic heterocycles. The summed E-state index contributed by atoms with van der Waals surface area (Å²) >= 11 is 0. The number of carbonyl (C=O) groups excluding carboxylic acids is 2. The van der Waals surface area contributed by atoms with Crippen molar-refractivity contribution in [3.8, 4) is 0 Å². The average Bonchev–Trinajstić information content (AvgIpc) is 2.73. The van der Waals surface area contributed by atoms with Gasteiger partial charge in [-0.15, -0.1) is 0 Å². The quantitative estimate of drug-likeness (QED) is 0.728. The minimum absolute atomic E-state index is 0.165. The molecule has 6 heteroatoms. The summed E-state index contributed by atoms with van der Waals surface area (Å²) in [6.07, 6.45) is 1.25. The summed E-state index contributed by atoms with van der Waals surface area (Å²) in [5.74, 6) is -0.468. The summed E-state index contributed by atoms with van der Waals surface area (Å²) in [5, 5.41) is 2.47. The molecule has 104 valence electrons. The minimum atomic E-state index is -1.41. The van der Waals surface area contributed by atoms with Gasteiger partial charge in [-0.05, 0) is 25.7 Å². The highest BCUT2D eigenvalue weighted by molar-refractivity contribution is 5.90. The van der Waals surface area contributed by atoms with Crippen LogP contribution < -0.4 is 11.1 Å². The van der Waals surface area contributed by atoms with E-state index >= 15 is 0 Å². The van der Waals surface area contributed by atoms with Crippen LogP contribution in [0.2, 0.25) is 0 Å². The van der Waals surface area contributed by atoms with Crippen molar-refractivity contribution < 1.29 is 14.3 Å². The fraction of sp³-hybridized carbons (Fsp3) is 0.833. The Bertz CT molecular complexity index is 333. The molecule has 0 saturated carbocycles. The van der Waals surface area contributed by atoms with Crippen molar-refractivity contribution in [2.75, 3.05) is 13.7 Å². The zero-order chi connectivity index (χ0) is 13.9. The number of likely N-dealkylation sites (tertiary alicyclic amines) is 1. The number of rotatable bonds is 3. The molecule has 2 amide bonds. The van der Waals surface area contributed by atoms with Crippen molar-refractivity contribution >= 4 is 12.0 Å². The van der Waals surface area contributed by atoms with E-state index in [0.717, 1.165) is 12.8 Å². The lowest BCUT2D eigenvalue weighted by molar-refractivity contribution is -0.140. The molecule has 1 fully saturated rings. The van der Waals surface area contributed by atoms with Crippen molar-refractivity contribution in [3.05, 3.63) is 0 Å². The first-order chi connectivity index (χ1) is 8.32. The first kappa shape index (κ1) is 14.8. The Kier molecular flexibility index (Phi) is 4.56. The third kappa shape index (κ3) is 2.75. The lowest BCUT2D eigenvalue weighted by Crippen LogP contribution is -2.68. The van der Waals surface area contributed by atoms with Crippen LogP contribution in [0.4, 0.5) is 4.79 Å². The molecular weight excluding hydrogens is 234 g/mol. The van der Waals surface area contributed by atoms with Crippen molar-refractivity contribution in [2.24, 2.45) is 11.7 Å². The molecule has 3 N–H and O–H groups in total. The number of amides is 2. The number of nitrogens with zero attached hydrogens (tertiary/aromatic N) is 1. The number of alkyl carbamates (subject to hydrolysis) is 1. The molecule has 0 spiro atoms. The molecule has 1 unspecified atom stereocenters. The summed E-state index contributed by atoms with van der Waals surface area (Å²) in [4.78, 5) is 25.6. The van der Waals surface area contributed by atoms with Gasteiger partial charge in [0, 0.05) is 12.6 Å². The molecule has 6 nitrogen and oxygen atoms in total. The molecule has 18 heavy (non-hydrogen) atoms. The average molecular weight is 257 g/mol. The summed E-state index contributed by atoms with van der Waals surface area (Å²) < 4.78 is 4.53. The van der Waals surface area contributed by atoms with E-state index in [1.165, 1.54) is 7.11 Å². The van der Waals surface area contributed by atoms with Gasteiger partial charge in [-0.1, -0.05) is 13.8 Å². The maximum Gasteiger partial charge on any atom is 0.408 e. The van der Waals surface area contributed by atoms with E-state index in [0.29, 0.717) is 6.54 Å². The fourth-order valence-electron chi connectivity index (χ4n) is 2.14. The highest BCUT2D eigenvalue weighted by Gasteiger charge is 2.44. The van der Waals surface area contributed by atoms with E-state index in [1.807, 2.05) is 6.92 Å². The Labute approximate surface area is 108 Å². The Hall–Kier alpha value is -1.30. The number of nitrogens with one attached hydrogen (secondary N) is 1. The molecule has 1 heterocycles. The normalized spacial score (nSPS) is 22.8. The molecule has 2 atom stereocenters. The van der Waals surface area contributed by atoms with E-state index in [1.54, 1.807) is 18.7 Å². The Morgan fingerprint density at radius 2 is 2.11 bits per heavy atom. The number of methoxy groups -OCH3 is 1. The maximum absolute atomic E-state index is 12.5. The van der Waals surface area contributed by atoms with Crippen molar-refractivity contribution in [2.45, 2.75) is 45.3 Å². The summed E-state index contributed by atoms with van der Waals surface area (Å²) in [7, 11) is 1.25. The number of carbonyl (C=O) groups is 2. The van der Waals surface area contributed by atoms with E-state index in [2.05, 4.69) is 10.1 Å². The largest absolute Gasteiger partial charge is 0.453 e. The molecule has 0 bridgehead atoms. The number of hydrogen-bond donors (Lipinski definition) is 2. The van der Waals surface area contributed by atoms with Gasteiger partial charge >= 0.3 is 6.09 Å². The van der Waals surface area contributed by atoms with Gasteiger partial charge in [0.25, 0.3) is 5.91 Å². The highest BCUT2D eigenvalue weighted by atomic mass is 16.5. The molecule has 1 aliphatic rings. The minimum Gasteiger partial charge on any atom is -0.453 e. The fourth-order valence-corrected chi connectivity index (χ4v) is 2.14. The molecule has 0 aromatic heterocycles. The number of nitrogens with two attached hydrogens (primary N) is 1. The summed E-state index contributed by atoms with van der Waals surface area (Å²) in [6, 6.07) is 0.165. The maximum atomic E-state index is 12.5. The van der Waals surface area contributed by atoms with Crippen LogP contribution in [-0.2, 0) is 9.53 Å². The van der Waals surface area contributed by atoms with Gasteiger partial charge in [0.05, 0.1) is 7.11 Å². The highest BCUT2D eigenvalue weighted by Crippen LogP contribution is 2.22. The lowest BCUT2D eigenvalue weighted by atomic mass is 9.95. The third-order valence-corrected chi connectivity index (χ3v) is 3.57. The lowest BCUT2D eigenvalue weighted by Gasteiger charge is -2.37. The smallest absolute Gasteiger partial charge is 0.408 e. The van der Waals surface area contributed by atoms with Crippen molar-refractivity contribution in [1.29, 1.82) is 0 Å². The zero-order valence-corrected chi connectivity index (χ0v) is 11.5. The van der Waals surface area contributed by atoms with Crippen LogP contribution in [0.15, 0.2) is 0 Å². The molecule has 0 aliphatic carbocycles. The third-order valence-electron chi connectivity index (χ3n) is 3.57. The molecule has 0 aromatic rings. The van der Waals surface area contributed by atoms with Gasteiger partial charge in [0.1, 0.15) is 0 Å². The first-order valence-electron chi connectivity index (χ1n) is 6.29. The second kappa shape index (κ2) is 5.56. The second-order valence-corrected chi connectivity index (χ2v) is 5.13. The van der Waals surface area contributed by atoms with Crippen LogP contribution in [0, 0.1) is 5.92 Å². The van der Waals surface area contributed by atoms with E-state index in [-0.39, 0.29) is 17.9 Å². The number of ether oxygens (including phenoxy) is 1. The van der Waals surface area contributed by atoms with E-state index in [4.69, 9.17) is 5.73 Å². The van der Waals surface area contributed by atoms with Gasteiger partial charge in [0.2, 0.25) is 0 Å². The van der Waals surface area contributed by atoms with Gasteiger partial charge in [0.15, 0.2) is 5.66 Å². The van der Waals surface area contributed by atoms with Crippen LogP contribution in [0.3, 0.4) is 0 Å². The molecular formula is C12H23N3O3. The summed E-state index contributed by atoms with van der Waals surface area (Å²) in [6.45, 7) is 6.28. The van der Waals surface area contributed by atoms with Crippen LogP contribution in [0.5, 0.6) is 0 Å². The second-order valence-electron chi connectivity index (χ2n) is 5.13. The van der Waals surface area contributed by atoms with Crippen molar-refractivity contribution in [1.82, 2.24) is 10.2 Å². The molecule has 1 saturated heterocycles. The Morgan fingerprint density at radius 1 is 1.50 bits per heavy atom. The standard InChI is InChI=1S/C12H23N3O3/c1-8(2)12(13,14-11(17)18-4)10(16)15-7-5-6-9(15)3/h8-9H,5-7,13H2,1-4H3,(H,14,17)/t9?,12-/m0/s1. The SMILES string of the molecule is COC(=O)N[C@](N)(C(=O)N1CCCC1C)C(C)C.